The second-order valence-electron chi connectivity index (χ2n) is 15.7. The maximum atomic E-state index is 14.3. The van der Waals surface area contributed by atoms with Gasteiger partial charge in [-0.3, -0.25) is 4.57 Å². The number of methoxy groups -OCH3 is 1. The highest BCUT2D eigenvalue weighted by molar-refractivity contribution is 7.89. The molecule has 0 fully saturated rings. The lowest BCUT2D eigenvalue weighted by Crippen LogP contribution is -2.58. The molecule has 2 N–H and O–H groups in total. The first-order valence-electron chi connectivity index (χ1n) is 18.0. The Hall–Kier alpha value is -2.45. The van der Waals surface area contributed by atoms with Gasteiger partial charge in [-0.05, 0) is 101 Å². The molecule has 0 aromatic heterocycles. The molecule has 12 nitrogen and oxygen atoms in total. The fraction of sp³-hybridized carbons (Fsp3) is 0.649. The Morgan fingerprint density at radius 2 is 1.46 bits per heavy atom. The standard InChI is InChI=1S/C37H64N3O9PSSi/c1-14-46-50(42,47-15-2)27-29-16-18-30(19-17-29)38-24-33(39-35(41)48-36(5,6)7)34(49-52(12,13)37(8,9)10)26-40(25-28(3)4)51(43,44)32-22-20-31(45-11)21-23-32/h16-23,28,33-34,38H,14-15,24-27H2,1-13H3,(H,39,41)/t33-,34+/m0/s1. The van der Waals surface area contributed by atoms with Crippen molar-refractivity contribution in [2.75, 3.05) is 45.3 Å². The molecule has 0 spiro atoms. The topological polar surface area (TPSA) is 142 Å². The van der Waals surface area contributed by atoms with Crippen LogP contribution in [0.2, 0.25) is 18.1 Å². The first-order valence-corrected chi connectivity index (χ1v) is 24.1. The molecule has 0 aliphatic carbocycles. The number of sulfonamides is 1. The molecule has 1 amide bonds. The summed E-state index contributed by atoms with van der Waals surface area (Å²) in [7, 11) is -8.29. The third kappa shape index (κ3) is 14.4. The second kappa shape index (κ2) is 19.2. The second-order valence-corrected chi connectivity index (χ2v) is 24.5. The van der Waals surface area contributed by atoms with E-state index >= 15 is 0 Å². The van der Waals surface area contributed by atoms with Gasteiger partial charge in [0.2, 0.25) is 10.0 Å². The van der Waals surface area contributed by atoms with Crippen molar-refractivity contribution in [3.8, 4) is 5.75 Å². The van der Waals surface area contributed by atoms with Gasteiger partial charge in [-0.15, -0.1) is 0 Å². The summed E-state index contributed by atoms with van der Waals surface area (Å²) in [4.78, 5) is 13.5. The van der Waals surface area contributed by atoms with Crippen LogP contribution in [0.4, 0.5) is 10.5 Å². The summed E-state index contributed by atoms with van der Waals surface area (Å²) in [5, 5.41) is 6.21. The van der Waals surface area contributed by atoms with Crippen LogP contribution in [0.5, 0.6) is 5.75 Å². The third-order valence-electron chi connectivity index (χ3n) is 8.56. The number of hydrogen-bond donors (Lipinski definition) is 2. The lowest BCUT2D eigenvalue weighted by molar-refractivity contribution is 0.0425. The minimum absolute atomic E-state index is 0.00351. The summed E-state index contributed by atoms with van der Waals surface area (Å²) in [5.74, 6) is 0.544. The number of ether oxygens (including phenoxy) is 2. The number of nitrogens with one attached hydrogen (secondary N) is 2. The number of benzene rings is 2. The first kappa shape index (κ1) is 45.7. The molecule has 2 atom stereocenters. The monoisotopic (exact) mass is 785 g/mol. The smallest absolute Gasteiger partial charge is 0.408 e. The molecule has 0 saturated heterocycles. The summed E-state index contributed by atoms with van der Waals surface area (Å²) >= 11 is 0. The van der Waals surface area contributed by atoms with Crippen LogP contribution in [-0.2, 0) is 39.0 Å². The molecule has 296 valence electrons. The van der Waals surface area contributed by atoms with Crippen LogP contribution < -0.4 is 15.4 Å². The van der Waals surface area contributed by atoms with E-state index in [9.17, 15) is 17.8 Å². The Balaban J connectivity index is 2.58. The number of carbonyl (C=O) groups excluding carboxylic acids is 1. The molecular weight excluding hydrogens is 722 g/mol. The molecule has 0 radical (unpaired) electrons. The number of amides is 1. The zero-order valence-corrected chi connectivity index (χ0v) is 36.3. The van der Waals surface area contributed by atoms with Gasteiger partial charge in [0.25, 0.3) is 0 Å². The lowest BCUT2D eigenvalue weighted by atomic mass is 10.1. The van der Waals surface area contributed by atoms with Crippen molar-refractivity contribution in [3.05, 3.63) is 54.1 Å². The van der Waals surface area contributed by atoms with Crippen LogP contribution >= 0.6 is 7.60 Å². The molecule has 15 heteroatoms. The predicted molar refractivity (Wildman–Crippen MR) is 211 cm³/mol. The average molecular weight is 786 g/mol. The quantitative estimate of drug-likeness (QED) is 0.0992. The van der Waals surface area contributed by atoms with Crippen molar-refractivity contribution in [2.45, 2.75) is 116 Å². The molecule has 2 rings (SSSR count). The normalized spacial score (nSPS) is 14.3. The van der Waals surface area contributed by atoms with Crippen molar-refractivity contribution < 1.29 is 40.7 Å². The average Bonchev–Trinajstić information content (AvgIpc) is 3.01. The number of anilines is 1. The fourth-order valence-corrected chi connectivity index (χ4v) is 9.68. The van der Waals surface area contributed by atoms with E-state index in [1.807, 2.05) is 38.1 Å². The van der Waals surface area contributed by atoms with E-state index in [0.29, 0.717) is 5.75 Å². The van der Waals surface area contributed by atoms with Gasteiger partial charge in [-0.1, -0.05) is 46.8 Å². The van der Waals surface area contributed by atoms with E-state index in [2.05, 4.69) is 44.5 Å². The van der Waals surface area contributed by atoms with Crippen molar-refractivity contribution in [2.24, 2.45) is 5.92 Å². The number of carbonyl (C=O) groups is 1. The summed E-state index contributed by atoms with van der Waals surface area (Å²) in [5.41, 5.74) is 0.752. The lowest BCUT2D eigenvalue weighted by Gasteiger charge is -2.43. The van der Waals surface area contributed by atoms with Gasteiger partial charge in [0, 0.05) is 25.3 Å². The summed E-state index contributed by atoms with van der Waals surface area (Å²) in [6.45, 7) is 24.3. The number of hydrogen-bond acceptors (Lipinski definition) is 10. The molecule has 0 aliphatic heterocycles. The van der Waals surface area contributed by atoms with Crippen LogP contribution in [-0.4, -0.2) is 84.8 Å². The molecule has 2 aromatic rings. The number of nitrogens with zero attached hydrogens (tertiary/aromatic N) is 1. The zero-order chi connectivity index (χ0) is 39.5. The minimum atomic E-state index is -3.99. The molecule has 0 saturated carbocycles. The minimum Gasteiger partial charge on any atom is -0.497 e. The molecule has 0 bridgehead atoms. The Morgan fingerprint density at radius 1 is 0.904 bits per heavy atom. The number of alkyl carbamates (subject to hydrolysis) is 1. The molecular formula is C37H64N3O9PSSi. The highest BCUT2D eigenvalue weighted by atomic mass is 32.2. The van der Waals surface area contributed by atoms with Gasteiger partial charge in [0.1, 0.15) is 11.4 Å². The highest BCUT2D eigenvalue weighted by Crippen LogP contribution is 2.51. The van der Waals surface area contributed by atoms with Crippen molar-refractivity contribution in [3.63, 3.8) is 0 Å². The van der Waals surface area contributed by atoms with E-state index in [1.54, 1.807) is 46.8 Å². The maximum Gasteiger partial charge on any atom is 0.408 e. The predicted octanol–water partition coefficient (Wildman–Crippen LogP) is 8.50. The van der Waals surface area contributed by atoms with Gasteiger partial charge < -0.3 is 33.6 Å². The fourth-order valence-electron chi connectivity index (χ4n) is 5.01. The van der Waals surface area contributed by atoms with Crippen LogP contribution in [0.15, 0.2) is 53.4 Å². The van der Waals surface area contributed by atoms with Gasteiger partial charge in [0.15, 0.2) is 8.32 Å². The molecule has 0 aliphatic rings. The van der Waals surface area contributed by atoms with Gasteiger partial charge in [-0.2, -0.15) is 4.31 Å². The van der Waals surface area contributed by atoms with E-state index in [4.69, 9.17) is 22.9 Å². The van der Waals surface area contributed by atoms with Gasteiger partial charge in [-0.25, -0.2) is 13.2 Å². The molecule has 0 heterocycles. The first-order chi connectivity index (χ1) is 23.9. The summed E-state index contributed by atoms with van der Waals surface area (Å²) in [6, 6.07) is 13.0. The van der Waals surface area contributed by atoms with E-state index < -0.39 is 49.8 Å². The molecule has 2 aromatic carbocycles. The van der Waals surface area contributed by atoms with Crippen LogP contribution in [0.1, 0.15) is 74.8 Å². The Kier molecular flexibility index (Phi) is 16.9. The largest absolute Gasteiger partial charge is 0.497 e. The van der Waals surface area contributed by atoms with Gasteiger partial charge in [0.05, 0.1) is 43.5 Å². The van der Waals surface area contributed by atoms with Gasteiger partial charge >= 0.3 is 13.7 Å². The highest BCUT2D eigenvalue weighted by Gasteiger charge is 2.43. The Labute approximate surface area is 314 Å². The molecule has 0 unspecified atom stereocenters. The molecule has 52 heavy (non-hydrogen) atoms. The summed E-state index contributed by atoms with van der Waals surface area (Å²) in [6.07, 6.45) is -1.28. The van der Waals surface area contributed by atoms with E-state index in [-0.39, 0.29) is 54.9 Å². The maximum absolute atomic E-state index is 14.3. The van der Waals surface area contributed by atoms with E-state index in [0.717, 1.165) is 11.3 Å². The summed E-state index contributed by atoms with van der Waals surface area (Å²) < 4.78 is 72.0. The van der Waals surface area contributed by atoms with Crippen LogP contribution in [0, 0.1) is 5.92 Å². The zero-order valence-electron chi connectivity index (χ0n) is 33.6. The Bertz CT molecular complexity index is 1550. The number of rotatable bonds is 20. The third-order valence-corrected chi connectivity index (χ3v) is 17.0. The van der Waals surface area contributed by atoms with E-state index in [1.165, 1.54) is 23.5 Å². The van der Waals surface area contributed by atoms with Crippen LogP contribution in [0.25, 0.3) is 0 Å². The van der Waals surface area contributed by atoms with Crippen molar-refractivity contribution in [1.82, 2.24) is 9.62 Å². The van der Waals surface area contributed by atoms with Crippen molar-refractivity contribution >= 4 is 37.7 Å². The SMILES string of the molecule is CCOP(=O)(Cc1ccc(NC[C@H](NC(=O)OC(C)(C)C)[C@@H](CN(CC(C)C)S(=O)(=O)c2ccc(OC)cc2)O[Si](C)(C)C(C)(C)C)cc1)OCC. The van der Waals surface area contributed by atoms with Crippen LogP contribution in [0.3, 0.4) is 0 Å². The Morgan fingerprint density at radius 3 is 1.92 bits per heavy atom. The van der Waals surface area contributed by atoms with Crippen molar-refractivity contribution in [1.29, 1.82) is 0 Å².